The van der Waals surface area contributed by atoms with Crippen LogP contribution in [0.1, 0.15) is 11.3 Å². The first kappa shape index (κ1) is 14.9. The minimum absolute atomic E-state index is 0.000605. The molecule has 0 aliphatic heterocycles. The number of nitrogens with zero attached hydrogens (tertiary/aromatic N) is 2. The van der Waals surface area contributed by atoms with Crippen LogP contribution < -0.4 is 0 Å². The van der Waals surface area contributed by atoms with E-state index in [1.165, 1.54) is 0 Å². The van der Waals surface area contributed by atoms with Gasteiger partial charge in [-0.2, -0.15) is 10.2 Å². The van der Waals surface area contributed by atoms with E-state index in [1.807, 2.05) is 24.3 Å². The lowest BCUT2D eigenvalue weighted by atomic mass is 10.0. The average Bonchev–Trinajstić information content (AvgIpc) is 2.51. The number of hydrogen-bond donors (Lipinski definition) is 0. The molecule has 5 heteroatoms. The van der Waals surface area contributed by atoms with Crippen molar-refractivity contribution in [2.45, 2.75) is 12.8 Å². The zero-order chi connectivity index (χ0) is 15.5. The van der Waals surface area contributed by atoms with Crippen LogP contribution in [0.2, 0.25) is 10.0 Å². The lowest BCUT2D eigenvalue weighted by Crippen LogP contribution is -2.09. The molecule has 0 aliphatic rings. The number of hydrogen-bond acceptors (Lipinski definition) is 3. The predicted octanol–water partition coefficient (Wildman–Crippen LogP) is 4.29. The largest absolute Gasteiger partial charge is 0.299 e. The molecule has 3 rings (SSSR count). The molecule has 3 aromatic rings. The second kappa shape index (κ2) is 6.42. The molecule has 0 fully saturated rings. The predicted molar refractivity (Wildman–Crippen MR) is 88.4 cm³/mol. The van der Waals surface area contributed by atoms with Gasteiger partial charge in [-0.25, -0.2) is 0 Å². The summed E-state index contributed by atoms with van der Waals surface area (Å²) in [4.78, 5) is 12.3. The number of rotatable bonds is 4. The Balaban J connectivity index is 1.85. The fraction of sp³-hybridized carbons (Fsp3) is 0.118. The summed E-state index contributed by atoms with van der Waals surface area (Å²) in [6, 6.07) is 13.0. The number of fused-ring (bicyclic) bond motifs is 1. The van der Waals surface area contributed by atoms with Crippen molar-refractivity contribution in [1.29, 1.82) is 0 Å². The summed E-state index contributed by atoms with van der Waals surface area (Å²) in [5.74, 6) is 0.000605. The fourth-order valence-electron chi connectivity index (χ4n) is 2.37. The molecule has 0 spiro atoms. The third-order valence-corrected chi connectivity index (χ3v) is 4.16. The van der Waals surface area contributed by atoms with Crippen LogP contribution in [0.25, 0.3) is 10.8 Å². The third-order valence-electron chi connectivity index (χ3n) is 3.45. The number of halogens is 2. The molecule has 0 aliphatic carbocycles. The number of carbonyl (C=O) groups is 1. The normalized spacial score (nSPS) is 10.8. The first-order valence-corrected chi connectivity index (χ1v) is 7.54. The third kappa shape index (κ3) is 3.11. The highest BCUT2D eigenvalue weighted by molar-refractivity contribution is 6.36. The van der Waals surface area contributed by atoms with Crippen molar-refractivity contribution in [3.63, 3.8) is 0 Å². The standard InChI is InChI=1S/C17H12Cl2N2O/c18-15-6-3-7-16(19)14(15)8-12(22)9-17-13-5-2-1-4-11(13)10-20-21-17/h1-7,10H,8-9H2. The smallest absolute Gasteiger partial charge is 0.143 e. The molecule has 22 heavy (non-hydrogen) atoms. The highest BCUT2D eigenvalue weighted by atomic mass is 35.5. The monoisotopic (exact) mass is 330 g/mol. The maximum atomic E-state index is 12.3. The Labute approximate surface area is 137 Å². The summed E-state index contributed by atoms with van der Waals surface area (Å²) in [7, 11) is 0. The minimum Gasteiger partial charge on any atom is -0.299 e. The van der Waals surface area contributed by atoms with Crippen LogP contribution in [0.3, 0.4) is 0 Å². The SMILES string of the molecule is O=C(Cc1c(Cl)cccc1Cl)Cc1nncc2ccccc12. The van der Waals surface area contributed by atoms with Crippen molar-refractivity contribution in [3.05, 3.63) is 70.0 Å². The van der Waals surface area contributed by atoms with Crippen LogP contribution in [0.5, 0.6) is 0 Å². The maximum absolute atomic E-state index is 12.3. The summed E-state index contributed by atoms with van der Waals surface area (Å²) in [5, 5.41) is 11.0. The maximum Gasteiger partial charge on any atom is 0.143 e. The topological polar surface area (TPSA) is 42.9 Å². The van der Waals surface area contributed by atoms with Gasteiger partial charge in [-0.3, -0.25) is 4.79 Å². The minimum atomic E-state index is 0.000605. The Morgan fingerprint density at radius 3 is 2.45 bits per heavy atom. The Hall–Kier alpha value is -1.97. The van der Waals surface area contributed by atoms with Gasteiger partial charge in [-0.05, 0) is 17.7 Å². The first-order chi connectivity index (χ1) is 10.6. The van der Waals surface area contributed by atoms with E-state index in [1.54, 1.807) is 24.4 Å². The Morgan fingerprint density at radius 2 is 1.68 bits per heavy atom. The molecule has 1 aromatic heterocycles. The molecule has 0 amide bonds. The van der Waals surface area contributed by atoms with Crippen molar-refractivity contribution in [2.24, 2.45) is 0 Å². The quantitative estimate of drug-likeness (QED) is 0.716. The van der Waals surface area contributed by atoms with E-state index in [4.69, 9.17) is 23.2 Å². The van der Waals surface area contributed by atoms with Gasteiger partial charge in [0.1, 0.15) is 5.78 Å². The lowest BCUT2D eigenvalue weighted by Gasteiger charge is -2.07. The summed E-state index contributed by atoms with van der Waals surface area (Å²) >= 11 is 12.2. The molecular weight excluding hydrogens is 319 g/mol. The van der Waals surface area contributed by atoms with Crippen molar-refractivity contribution in [3.8, 4) is 0 Å². The van der Waals surface area contributed by atoms with Crippen molar-refractivity contribution in [2.75, 3.05) is 0 Å². The fourth-order valence-corrected chi connectivity index (χ4v) is 2.90. The van der Waals surface area contributed by atoms with E-state index in [9.17, 15) is 4.79 Å². The van der Waals surface area contributed by atoms with Crippen LogP contribution in [0.4, 0.5) is 0 Å². The van der Waals surface area contributed by atoms with E-state index in [2.05, 4.69) is 10.2 Å². The average molecular weight is 331 g/mol. The zero-order valence-corrected chi connectivity index (χ0v) is 13.1. The van der Waals surface area contributed by atoms with Crippen molar-refractivity contribution in [1.82, 2.24) is 10.2 Å². The molecule has 0 saturated heterocycles. The van der Waals surface area contributed by atoms with Gasteiger partial charge in [0.05, 0.1) is 18.3 Å². The Morgan fingerprint density at radius 1 is 0.955 bits per heavy atom. The van der Waals surface area contributed by atoms with Gasteiger partial charge < -0.3 is 0 Å². The molecule has 0 radical (unpaired) electrons. The summed E-state index contributed by atoms with van der Waals surface area (Å²) in [6.07, 6.45) is 2.08. The second-order valence-electron chi connectivity index (χ2n) is 4.97. The van der Waals surface area contributed by atoms with Crippen LogP contribution in [0, 0.1) is 0 Å². The molecule has 0 unspecified atom stereocenters. The Bertz CT molecular complexity index is 823. The molecule has 3 nitrogen and oxygen atoms in total. The first-order valence-electron chi connectivity index (χ1n) is 6.79. The number of Topliss-reactive ketones (excluding diaryl/α,β-unsaturated/α-hetero) is 1. The molecule has 0 saturated carbocycles. The number of carbonyl (C=O) groups excluding carboxylic acids is 1. The molecule has 1 heterocycles. The molecular formula is C17H12Cl2N2O. The van der Waals surface area contributed by atoms with Gasteiger partial charge in [0, 0.05) is 27.2 Å². The van der Waals surface area contributed by atoms with Gasteiger partial charge in [-0.15, -0.1) is 0 Å². The molecule has 0 N–H and O–H groups in total. The van der Waals surface area contributed by atoms with Crippen LogP contribution >= 0.6 is 23.2 Å². The van der Waals surface area contributed by atoms with Crippen LogP contribution in [-0.4, -0.2) is 16.0 Å². The highest BCUT2D eigenvalue weighted by Crippen LogP contribution is 2.25. The van der Waals surface area contributed by atoms with Crippen LogP contribution in [-0.2, 0) is 17.6 Å². The van der Waals surface area contributed by atoms with E-state index < -0.39 is 0 Å². The summed E-state index contributed by atoms with van der Waals surface area (Å²) < 4.78 is 0. The Kier molecular flexibility index (Phi) is 4.36. The van der Waals surface area contributed by atoms with Crippen molar-refractivity contribution >= 4 is 39.8 Å². The highest BCUT2D eigenvalue weighted by Gasteiger charge is 2.13. The van der Waals surface area contributed by atoms with E-state index in [0.29, 0.717) is 21.3 Å². The van der Waals surface area contributed by atoms with E-state index in [0.717, 1.165) is 10.8 Å². The van der Waals surface area contributed by atoms with Gasteiger partial charge in [-0.1, -0.05) is 53.5 Å². The van der Waals surface area contributed by atoms with Gasteiger partial charge in [0.25, 0.3) is 0 Å². The van der Waals surface area contributed by atoms with Crippen LogP contribution in [0.15, 0.2) is 48.7 Å². The molecule has 0 atom stereocenters. The molecule has 110 valence electrons. The van der Waals surface area contributed by atoms with Gasteiger partial charge in [0.15, 0.2) is 0 Å². The lowest BCUT2D eigenvalue weighted by molar-refractivity contribution is -0.117. The summed E-state index contributed by atoms with van der Waals surface area (Å²) in [6.45, 7) is 0. The second-order valence-corrected chi connectivity index (χ2v) is 5.79. The molecule has 2 aromatic carbocycles. The van der Waals surface area contributed by atoms with E-state index >= 15 is 0 Å². The zero-order valence-electron chi connectivity index (χ0n) is 11.6. The number of benzene rings is 2. The molecule has 0 bridgehead atoms. The van der Waals surface area contributed by atoms with Crippen molar-refractivity contribution < 1.29 is 4.79 Å². The summed E-state index contributed by atoms with van der Waals surface area (Å²) in [5.41, 5.74) is 1.33. The van der Waals surface area contributed by atoms with Gasteiger partial charge in [0.2, 0.25) is 0 Å². The van der Waals surface area contributed by atoms with Gasteiger partial charge >= 0.3 is 0 Å². The van der Waals surface area contributed by atoms with E-state index in [-0.39, 0.29) is 18.6 Å². The number of aromatic nitrogens is 2. The number of ketones is 1.